The summed E-state index contributed by atoms with van der Waals surface area (Å²) in [4.78, 5) is 21.0. The standard InChI is InChI=1S/C13H15N5O2/c1-8-10-9(18-12(16-8)14-7-15-18)4-5-17(11(10)20)13(2,3)6-19/h4-5,7,19H,6H2,1-3H3. The number of aliphatic hydroxyl groups is 1. The van der Waals surface area contributed by atoms with Gasteiger partial charge in [0.2, 0.25) is 0 Å². The third-order valence-corrected chi connectivity index (χ3v) is 3.50. The molecule has 0 saturated carbocycles. The summed E-state index contributed by atoms with van der Waals surface area (Å²) in [6.45, 7) is 5.25. The van der Waals surface area contributed by atoms with E-state index in [1.165, 1.54) is 10.9 Å². The maximum absolute atomic E-state index is 12.7. The summed E-state index contributed by atoms with van der Waals surface area (Å²) in [5.41, 5.74) is 0.409. The SMILES string of the molecule is Cc1nc2ncnn2c2ccn(C(C)(C)CO)c(=O)c12. The molecular weight excluding hydrogens is 258 g/mol. The highest BCUT2D eigenvalue weighted by atomic mass is 16.3. The quantitative estimate of drug-likeness (QED) is 0.733. The van der Waals surface area contributed by atoms with Gasteiger partial charge in [0.1, 0.15) is 6.33 Å². The maximum Gasteiger partial charge on any atom is 0.262 e. The van der Waals surface area contributed by atoms with Crippen molar-refractivity contribution in [3.8, 4) is 0 Å². The second-order valence-corrected chi connectivity index (χ2v) is 5.39. The summed E-state index contributed by atoms with van der Waals surface area (Å²) in [5, 5.41) is 14.0. The smallest absolute Gasteiger partial charge is 0.262 e. The van der Waals surface area contributed by atoms with Crippen LogP contribution in [0.2, 0.25) is 0 Å². The number of hydrogen-bond acceptors (Lipinski definition) is 5. The molecule has 3 aromatic rings. The van der Waals surface area contributed by atoms with E-state index in [1.807, 2.05) is 0 Å². The van der Waals surface area contributed by atoms with Gasteiger partial charge in [-0.15, -0.1) is 0 Å². The number of rotatable bonds is 2. The van der Waals surface area contributed by atoms with E-state index >= 15 is 0 Å². The Morgan fingerprint density at radius 2 is 2.15 bits per heavy atom. The molecule has 0 spiro atoms. The lowest BCUT2D eigenvalue weighted by Crippen LogP contribution is -2.39. The minimum Gasteiger partial charge on any atom is -0.394 e. The molecule has 0 radical (unpaired) electrons. The van der Waals surface area contributed by atoms with Crippen molar-refractivity contribution in [1.29, 1.82) is 0 Å². The van der Waals surface area contributed by atoms with Crippen molar-refractivity contribution in [2.45, 2.75) is 26.3 Å². The molecule has 7 heteroatoms. The molecule has 1 N–H and O–H groups in total. The van der Waals surface area contributed by atoms with Gasteiger partial charge in [0.05, 0.1) is 28.7 Å². The highest BCUT2D eigenvalue weighted by Gasteiger charge is 2.22. The molecule has 0 fully saturated rings. The topological polar surface area (TPSA) is 85.3 Å². The van der Waals surface area contributed by atoms with Crippen LogP contribution in [0.1, 0.15) is 19.5 Å². The molecule has 104 valence electrons. The molecule has 0 amide bonds. The molecule has 3 aromatic heterocycles. The van der Waals surface area contributed by atoms with Crippen molar-refractivity contribution < 1.29 is 5.11 Å². The van der Waals surface area contributed by atoms with E-state index in [0.29, 0.717) is 22.4 Å². The Balaban J connectivity index is 2.47. The Kier molecular flexibility index (Phi) is 2.62. The zero-order valence-corrected chi connectivity index (χ0v) is 11.5. The summed E-state index contributed by atoms with van der Waals surface area (Å²) in [6.07, 6.45) is 3.08. The second-order valence-electron chi connectivity index (χ2n) is 5.39. The molecular formula is C13H15N5O2. The van der Waals surface area contributed by atoms with Crippen molar-refractivity contribution >= 4 is 16.7 Å². The number of fused-ring (bicyclic) bond motifs is 3. The Morgan fingerprint density at radius 1 is 1.40 bits per heavy atom. The van der Waals surface area contributed by atoms with Crippen LogP contribution in [0, 0.1) is 6.92 Å². The van der Waals surface area contributed by atoms with Crippen LogP contribution in [0.5, 0.6) is 0 Å². The summed E-state index contributed by atoms with van der Waals surface area (Å²) in [7, 11) is 0. The van der Waals surface area contributed by atoms with Gasteiger partial charge in [-0.25, -0.2) is 4.98 Å². The number of aliphatic hydroxyl groups excluding tert-OH is 1. The van der Waals surface area contributed by atoms with E-state index in [1.54, 1.807) is 37.5 Å². The van der Waals surface area contributed by atoms with E-state index < -0.39 is 5.54 Å². The normalized spacial score (nSPS) is 12.4. The fraction of sp³-hybridized carbons (Fsp3) is 0.385. The van der Waals surface area contributed by atoms with Gasteiger partial charge < -0.3 is 9.67 Å². The average Bonchev–Trinajstić information content (AvgIpc) is 2.86. The summed E-state index contributed by atoms with van der Waals surface area (Å²) in [5.74, 6) is 0.466. The molecule has 0 unspecified atom stereocenters. The molecule has 0 aliphatic heterocycles. The van der Waals surface area contributed by atoms with Crippen molar-refractivity contribution in [3.63, 3.8) is 0 Å². The minimum absolute atomic E-state index is 0.129. The Hall–Kier alpha value is -2.28. The number of pyridine rings is 1. The van der Waals surface area contributed by atoms with Crippen LogP contribution in [-0.2, 0) is 5.54 Å². The molecule has 3 rings (SSSR count). The number of nitrogens with zero attached hydrogens (tertiary/aromatic N) is 5. The summed E-state index contributed by atoms with van der Waals surface area (Å²) in [6, 6.07) is 1.80. The number of aromatic nitrogens is 5. The van der Waals surface area contributed by atoms with Gasteiger partial charge in [-0.2, -0.15) is 14.6 Å². The van der Waals surface area contributed by atoms with Gasteiger partial charge >= 0.3 is 0 Å². The number of aryl methyl sites for hydroxylation is 1. The monoisotopic (exact) mass is 273 g/mol. The molecule has 0 atom stereocenters. The molecule has 20 heavy (non-hydrogen) atoms. The Bertz CT molecular complexity index is 862. The molecule has 0 aliphatic carbocycles. The van der Waals surface area contributed by atoms with Gasteiger partial charge in [-0.05, 0) is 26.8 Å². The lowest BCUT2D eigenvalue weighted by atomic mass is 10.1. The first-order valence-electron chi connectivity index (χ1n) is 6.29. The molecule has 7 nitrogen and oxygen atoms in total. The van der Waals surface area contributed by atoms with Gasteiger partial charge in [0.15, 0.2) is 0 Å². The van der Waals surface area contributed by atoms with Crippen molar-refractivity contribution in [2.75, 3.05) is 6.61 Å². The predicted molar refractivity (Wildman–Crippen MR) is 73.7 cm³/mol. The van der Waals surface area contributed by atoms with E-state index in [4.69, 9.17) is 0 Å². The number of hydrogen-bond donors (Lipinski definition) is 1. The first kappa shape index (κ1) is 12.7. The Morgan fingerprint density at radius 3 is 2.85 bits per heavy atom. The van der Waals surface area contributed by atoms with E-state index in [9.17, 15) is 9.90 Å². The zero-order valence-electron chi connectivity index (χ0n) is 11.5. The minimum atomic E-state index is -0.672. The first-order valence-corrected chi connectivity index (χ1v) is 6.29. The fourth-order valence-corrected chi connectivity index (χ4v) is 2.28. The van der Waals surface area contributed by atoms with Crippen LogP contribution >= 0.6 is 0 Å². The van der Waals surface area contributed by atoms with Crippen LogP contribution < -0.4 is 5.56 Å². The highest BCUT2D eigenvalue weighted by molar-refractivity contribution is 5.81. The van der Waals surface area contributed by atoms with E-state index in [-0.39, 0.29) is 12.2 Å². The van der Waals surface area contributed by atoms with Gasteiger partial charge in [-0.3, -0.25) is 4.79 Å². The molecule has 0 aliphatic rings. The zero-order chi connectivity index (χ0) is 14.5. The van der Waals surface area contributed by atoms with Crippen LogP contribution in [0.15, 0.2) is 23.4 Å². The third-order valence-electron chi connectivity index (χ3n) is 3.50. The average molecular weight is 273 g/mol. The first-order chi connectivity index (χ1) is 9.45. The molecule has 0 aromatic carbocycles. The molecule has 3 heterocycles. The van der Waals surface area contributed by atoms with Crippen molar-refractivity contribution in [1.82, 2.24) is 24.1 Å². The van der Waals surface area contributed by atoms with Crippen LogP contribution in [0.3, 0.4) is 0 Å². The van der Waals surface area contributed by atoms with Crippen LogP contribution in [0.25, 0.3) is 16.7 Å². The second kappa shape index (κ2) is 4.11. The summed E-state index contributed by atoms with van der Waals surface area (Å²) < 4.78 is 3.06. The van der Waals surface area contributed by atoms with E-state index in [2.05, 4.69) is 15.1 Å². The molecule has 0 saturated heterocycles. The molecule has 0 bridgehead atoms. The lowest BCUT2D eigenvalue weighted by molar-refractivity contribution is 0.161. The lowest BCUT2D eigenvalue weighted by Gasteiger charge is -2.25. The highest BCUT2D eigenvalue weighted by Crippen LogP contribution is 2.17. The fourth-order valence-electron chi connectivity index (χ4n) is 2.28. The van der Waals surface area contributed by atoms with Crippen LogP contribution in [0.4, 0.5) is 0 Å². The third kappa shape index (κ3) is 1.63. The summed E-state index contributed by atoms with van der Waals surface area (Å²) >= 11 is 0. The van der Waals surface area contributed by atoms with Gasteiger partial charge in [-0.1, -0.05) is 0 Å². The predicted octanol–water partition coefficient (Wildman–Crippen LogP) is 0.475. The van der Waals surface area contributed by atoms with Crippen LogP contribution in [-0.4, -0.2) is 35.9 Å². The maximum atomic E-state index is 12.7. The Labute approximate surface area is 114 Å². The van der Waals surface area contributed by atoms with Gasteiger partial charge in [0.25, 0.3) is 11.3 Å². The largest absolute Gasteiger partial charge is 0.394 e. The van der Waals surface area contributed by atoms with Crippen molar-refractivity contribution in [3.05, 3.63) is 34.6 Å². The van der Waals surface area contributed by atoms with E-state index in [0.717, 1.165) is 0 Å². The van der Waals surface area contributed by atoms with Crippen molar-refractivity contribution in [2.24, 2.45) is 0 Å². The van der Waals surface area contributed by atoms with Gasteiger partial charge in [0, 0.05) is 6.20 Å².